The molecular formula is C8H10FNO3. The van der Waals surface area contributed by atoms with E-state index in [2.05, 4.69) is 4.84 Å². The molecule has 0 saturated heterocycles. The van der Waals surface area contributed by atoms with E-state index in [9.17, 15) is 4.39 Å². The topological polar surface area (TPSA) is 64.7 Å². The van der Waals surface area contributed by atoms with Crippen molar-refractivity contribution >= 4 is 0 Å². The molecule has 1 rings (SSSR count). The van der Waals surface area contributed by atoms with Gasteiger partial charge in [0.2, 0.25) is 0 Å². The molecule has 3 N–H and O–H groups in total. The van der Waals surface area contributed by atoms with Gasteiger partial charge in [0.25, 0.3) is 0 Å². The molecule has 72 valence electrons. The van der Waals surface area contributed by atoms with Crippen molar-refractivity contribution in [2.45, 2.75) is 6.61 Å². The van der Waals surface area contributed by atoms with Crippen molar-refractivity contribution in [3.63, 3.8) is 0 Å². The van der Waals surface area contributed by atoms with E-state index in [0.29, 0.717) is 5.75 Å². The van der Waals surface area contributed by atoms with Gasteiger partial charge in [-0.2, -0.15) is 0 Å². The van der Waals surface area contributed by atoms with Gasteiger partial charge in [0.1, 0.15) is 5.75 Å². The summed E-state index contributed by atoms with van der Waals surface area (Å²) in [6, 6.07) is 2.58. The SMILES string of the molecule is COc1cc(O)c(F)c(CON)c1. The van der Waals surface area contributed by atoms with Gasteiger partial charge in [0, 0.05) is 11.6 Å². The van der Waals surface area contributed by atoms with Crippen molar-refractivity contribution in [2.24, 2.45) is 5.90 Å². The average Bonchev–Trinajstić information content (AvgIpc) is 2.13. The summed E-state index contributed by atoms with van der Waals surface area (Å²) in [7, 11) is 1.42. The highest BCUT2D eigenvalue weighted by Crippen LogP contribution is 2.26. The van der Waals surface area contributed by atoms with Crippen LogP contribution in [0.2, 0.25) is 0 Å². The van der Waals surface area contributed by atoms with Crippen LogP contribution in [0.3, 0.4) is 0 Å². The number of phenols is 1. The van der Waals surface area contributed by atoms with Crippen LogP contribution in [-0.2, 0) is 11.4 Å². The molecule has 0 aromatic heterocycles. The lowest BCUT2D eigenvalue weighted by Gasteiger charge is -2.06. The molecule has 0 amide bonds. The predicted molar refractivity (Wildman–Crippen MR) is 43.6 cm³/mol. The first-order valence-corrected chi connectivity index (χ1v) is 3.56. The first kappa shape index (κ1) is 9.76. The van der Waals surface area contributed by atoms with Crippen molar-refractivity contribution in [2.75, 3.05) is 7.11 Å². The molecule has 4 nitrogen and oxygen atoms in total. The highest BCUT2D eigenvalue weighted by atomic mass is 19.1. The molecule has 0 bridgehead atoms. The smallest absolute Gasteiger partial charge is 0.170 e. The van der Waals surface area contributed by atoms with E-state index in [0.717, 1.165) is 0 Å². The molecule has 0 aliphatic carbocycles. The molecular weight excluding hydrogens is 177 g/mol. The number of benzene rings is 1. The number of methoxy groups -OCH3 is 1. The number of rotatable bonds is 3. The molecule has 1 aromatic carbocycles. The molecule has 0 saturated carbocycles. The number of nitrogens with two attached hydrogens (primary N) is 1. The van der Waals surface area contributed by atoms with Crippen LogP contribution in [0.1, 0.15) is 5.56 Å². The Morgan fingerprint density at radius 2 is 2.23 bits per heavy atom. The highest BCUT2D eigenvalue weighted by molar-refractivity contribution is 5.38. The van der Waals surface area contributed by atoms with E-state index in [1.165, 1.54) is 19.2 Å². The summed E-state index contributed by atoms with van der Waals surface area (Å²) in [6.07, 6.45) is 0. The Morgan fingerprint density at radius 3 is 2.77 bits per heavy atom. The summed E-state index contributed by atoms with van der Waals surface area (Å²) >= 11 is 0. The number of ether oxygens (including phenoxy) is 1. The minimum atomic E-state index is -0.744. The number of aromatic hydroxyl groups is 1. The minimum Gasteiger partial charge on any atom is -0.505 e. The molecule has 0 heterocycles. The van der Waals surface area contributed by atoms with Gasteiger partial charge in [0.15, 0.2) is 11.6 Å². The molecule has 5 heteroatoms. The van der Waals surface area contributed by atoms with Crippen molar-refractivity contribution in [1.82, 2.24) is 0 Å². The second kappa shape index (κ2) is 4.06. The number of hydrogen-bond acceptors (Lipinski definition) is 4. The zero-order valence-corrected chi connectivity index (χ0v) is 7.08. The molecule has 0 aliphatic rings. The normalized spacial score (nSPS) is 10.1. The quantitative estimate of drug-likeness (QED) is 0.691. The Labute approximate surface area is 74.6 Å². The zero-order valence-electron chi connectivity index (χ0n) is 7.08. The second-order valence-corrected chi connectivity index (χ2v) is 2.43. The van der Waals surface area contributed by atoms with Crippen LogP contribution in [0.25, 0.3) is 0 Å². The molecule has 0 radical (unpaired) electrons. The van der Waals surface area contributed by atoms with Gasteiger partial charge < -0.3 is 9.84 Å². The van der Waals surface area contributed by atoms with Crippen LogP contribution in [-0.4, -0.2) is 12.2 Å². The van der Waals surface area contributed by atoms with Gasteiger partial charge in [-0.3, -0.25) is 4.84 Å². The summed E-state index contributed by atoms with van der Waals surface area (Å²) in [4.78, 5) is 4.26. The van der Waals surface area contributed by atoms with Gasteiger partial charge in [-0.15, -0.1) is 0 Å². The van der Waals surface area contributed by atoms with E-state index in [4.69, 9.17) is 15.7 Å². The third kappa shape index (κ3) is 2.07. The number of phenolic OH excluding ortho intramolecular Hbond substituents is 1. The fourth-order valence-electron chi connectivity index (χ4n) is 0.952. The Balaban J connectivity index is 3.09. The lowest BCUT2D eigenvalue weighted by molar-refractivity contribution is 0.121. The third-order valence-corrected chi connectivity index (χ3v) is 1.58. The van der Waals surface area contributed by atoms with Crippen molar-refractivity contribution in [3.05, 3.63) is 23.5 Å². The summed E-state index contributed by atoms with van der Waals surface area (Å²) in [6.45, 7) is -0.114. The van der Waals surface area contributed by atoms with Crippen molar-refractivity contribution in [1.29, 1.82) is 0 Å². The molecule has 0 unspecified atom stereocenters. The maximum atomic E-state index is 13.1. The Morgan fingerprint density at radius 1 is 1.54 bits per heavy atom. The molecule has 0 aliphatic heterocycles. The number of halogens is 1. The minimum absolute atomic E-state index is 0.114. The van der Waals surface area contributed by atoms with Gasteiger partial charge in [-0.05, 0) is 6.07 Å². The van der Waals surface area contributed by atoms with Crippen LogP contribution in [0.15, 0.2) is 12.1 Å². The Bertz CT molecular complexity index is 304. The fraction of sp³-hybridized carbons (Fsp3) is 0.250. The van der Waals surface area contributed by atoms with Crippen molar-refractivity contribution < 1.29 is 19.1 Å². The first-order chi connectivity index (χ1) is 6.19. The van der Waals surface area contributed by atoms with Crippen LogP contribution in [0.4, 0.5) is 4.39 Å². The maximum absolute atomic E-state index is 13.1. The molecule has 13 heavy (non-hydrogen) atoms. The van der Waals surface area contributed by atoms with Gasteiger partial charge in [-0.1, -0.05) is 0 Å². The predicted octanol–water partition coefficient (Wildman–Crippen LogP) is 0.930. The van der Waals surface area contributed by atoms with E-state index in [1.807, 2.05) is 0 Å². The fourth-order valence-corrected chi connectivity index (χ4v) is 0.952. The summed E-state index contributed by atoms with van der Waals surface area (Å²) in [5, 5.41) is 9.09. The average molecular weight is 187 g/mol. The van der Waals surface area contributed by atoms with E-state index < -0.39 is 11.6 Å². The molecule has 1 aromatic rings. The summed E-state index contributed by atoms with van der Waals surface area (Å²) in [5.41, 5.74) is 0.152. The molecule has 0 spiro atoms. The third-order valence-electron chi connectivity index (χ3n) is 1.58. The van der Waals surface area contributed by atoms with Crippen LogP contribution in [0.5, 0.6) is 11.5 Å². The first-order valence-electron chi connectivity index (χ1n) is 3.56. The van der Waals surface area contributed by atoms with Crippen molar-refractivity contribution in [3.8, 4) is 11.5 Å². The van der Waals surface area contributed by atoms with Gasteiger partial charge in [-0.25, -0.2) is 10.3 Å². The van der Waals surface area contributed by atoms with Crippen LogP contribution >= 0.6 is 0 Å². The monoisotopic (exact) mass is 187 g/mol. The van der Waals surface area contributed by atoms with Crippen LogP contribution in [0, 0.1) is 5.82 Å². The van der Waals surface area contributed by atoms with E-state index in [1.54, 1.807) is 0 Å². The standard InChI is InChI=1S/C8H10FNO3/c1-12-6-2-5(4-13-10)8(9)7(11)3-6/h2-3,11H,4,10H2,1H3. The largest absolute Gasteiger partial charge is 0.505 e. The van der Waals surface area contributed by atoms with E-state index in [-0.39, 0.29) is 12.2 Å². The lowest BCUT2D eigenvalue weighted by atomic mass is 10.2. The van der Waals surface area contributed by atoms with E-state index >= 15 is 0 Å². The van der Waals surface area contributed by atoms with Gasteiger partial charge >= 0.3 is 0 Å². The number of hydrogen-bond donors (Lipinski definition) is 2. The zero-order chi connectivity index (χ0) is 9.84. The molecule has 0 fully saturated rings. The lowest BCUT2D eigenvalue weighted by Crippen LogP contribution is -2.01. The second-order valence-electron chi connectivity index (χ2n) is 2.43. The summed E-state index contributed by atoms with van der Waals surface area (Å²) in [5.74, 6) is 3.91. The highest BCUT2D eigenvalue weighted by Gasteiger charge is 2.09. The van der Waals surface area contributed by atoms with Gasteiger partial charge in [0.05, 0.1) is 13.7 Å². The van der Waals surface area contributed by atoms with Crippen LogP contribution < -0.4 is 10.6 Å². The Hall–Kier alpha value is -1.33. The maximum Gasteiger partial charge on any atom is 0.170 e. The Kier molecular flexibility index (Phi) is 3.05. The summed E-state index contributed by atoms with van der Waals surface area (Å²) < 4.78 is 17.9. The molecule has 0 atom stereocenters.